The normalized spacial score (nSPS) is 14.1. The van der Waals surface area contributed by atoms with Crippen LogP contribution in [0.5, 0.6) is 0 Å². The summed E-state index contributed by atoms with van der Waals surface area (Å²) in [7, 11) is 5.91. The van der Waals surface area contributed by atoms with Gasteiger partial charge in [0.1, 0.15) is 13.2 Å². The Morgan fingerprint density at radius 1 is 0.463 bits per heavy atom. The maximum absolute atomic E-state index is 12.8. The molecule has 67 heavy (non-hydrogen) atoms. The molecular weight excluding hydrogens is 839 g/mol. The lowest BCUT2D eigenvalue weighted by Crippen LogP contribution is -2.40. The summed E-state index contributed by atoms with van der Waals surface area (Å²) in [4.78, 5) is 37.2. The quantitative estimate of drug-likeness (QED) is 0.0212. The smallest absolute Gasteiger partial charge is 0.361 e. The number of rotatable bonds is 43. The number of carbonyl (C=O) groups is 3. The zero-order chi connectivity index (χ0) is 49.2. The number of carboxylic acid groups (broad SMARTS) is 1. The summed E-state index contributed by atoms with van der Waals surface area (Å²) in [6, 6.07) is 0. The van der Waals surface area contributed by atoms with E-state index in [0.29, 0.717) is 23.9 Å². The zero-order valence-electron chi connectivity index (χ0n) is 42.2. The summed E-state index contributed by atoms with van der Waals surface area (Å²) in [6.45, 7) is 4.46. The molecule has 0 aromatic heterocycles. The number of quaternary nitrogens is 1. The maximum atomic E-state index is 12.8. The molecule has 2 unspecified atom stereocenters. The van der Waals surface area contributed by atoms with Crippen molar-refractivity contribution in [3.8, 4) is 0 Å². The predicted octanol–water partition coefficient (Wildman–Crippen LogP) is 14.1. The Morgan fingerprint density at radius 3 is 1.27 bits per heavy atom. The first kappa shape index (κ1) is 62.2. The van der Waals surface area contributed by atoms with Gasteiger partial charge in [-0.25, -0.2) is 4.79 Å². The second-order valence-electron chi connectivity index (χ2n) is 17.0. The van der Waals surface area contributed by atoms with E-state index < -0.39 is 30.3 Å². The number of unbranched alkanes of at least 4 members (excludes halogenated alkanes) is 5. The summed E-state index contributed by atoms with van der Waals surface area (Å²) in [6.07, 6.45) is 66.6. The van der Waals surface area contributed by atoms with E-state index in [1.807, 2.05) is 33.3 Å². The minimum atomic E-state index is -1.55. The lowest BCUT2D eigenvalue weighted by Gasteiger charge is -2.25. The van der Waals surface area contributed by atoms with Crippen molar-refractivity contribution in [1.29, 1.82) is 0 Å². The van der Waals surface area contributed by atoms with Gasteiger partial charge in [-0.2, -0.15) is 0 Å². The van der Waals surface area contributed by atoms with Crippen LogP contribution in [-0.2, 0) is 33.3 Å². The van der Waals surface area contributed by atoms with Crippen molar-refractivity contribution in [1.82, 2.24) is 0 Å². The number of carbonyl (C=O) groups excluding carboxylic acids is 2. The molecule has 0 radical (unpaired) electrons. The standard InChI is InChI=1S/C58H89NO8/c1-6-8-10-12-14-16-18-20-22-23-24-25-26-27-28-29-30-31-32-33-35-37-39-41-43-45-47-49-56(61)67-54(53-66-58(57(62)63)64-51-50-59(3,4)5)52-65-55(60)48-46-44-42-40-38-36-34-21-19-17-15-13-11-9-7-2/h8-11,14-17,20-22,24-25,27-28,30-31,33-35,38,40,44,46,54,58H,6-7,12-13,18-19,23,26,29,32,36-37,39,41-43,45,47-53H2,1-5H3/p+1/b10-8-,11-9-,16-14-,17-15-,22-20-,25-24-,28-27-,31-30-,34-21-,35-33-,40-38-,46-44-. The summed E-state index contributed by atoms with van der Waals surface area (Å²) in [5, 5.41) is 9.66. The van der Waals surface area contributed by atoms with Gasteiger partial charge in [-0.3, -0.25) is 9.59 Å². The Morgan fingerprint density at radius 2 is 0.851 bits per heavy atom. The van der Waals surface area contributed by atoms with Crippen molar-refractivity contribution in [2.24, 2.45) is 0 Å². The van der Waals surface area contributed by atoms with E-state index in [-0.39, 0.29) is 32.7 Å². The van der Waals surface area contributed by atoms with Crippen molar-refractivity contribution in [2.45, 2.75) is 155 Å². The van der Waals surface area contributed by atoms with Crippen LogP contribution in [0.3, 0.4) is 0 Å². The first-order valence-corrected chi connectivity index (χ1v) is 25.0. The Bertz CT molecular complexity index is 1600. The monoisotopic (exact) mass is 929 g/mol. The molecule has 2 atom stereocenters. The number of allylic oxidation sites excluding steroid dienone is 23. The Kier molecular flexibility index (Phi) is 44.2. The molecule has 0 saturated heterocycles. The van der Waals surface area contributed by atoms with Gasteiger partial charge in [0.2, 0.25) is 0 Å². The molecule has 0 aliphatic heterocycles. The van der Waals surface area contributed by atoms with Gasteiger partial charge < -0.3 is 28.5 Å². The second kappa shape index (κ2) is 47.7. The first-order chi connectivity index (χ1) is 32.6. The Balaban J connectivity index is 4.50. The summed E-state index contributed by atoms with van der Waals surface area (Å²) in [5.74, 6) is -2.22. The number of nitrogens with zero attached hydrogens (tertiary/aromatic N) is 1. The van der Waals surface area contributed by atoms with E-state index in [2.05, 4.69) is 141 Å². The highest BCUT2D eigenvalue weighted by atomic mass is 16.7. The van der Waals surface area contributed by atoms with Gasteiger partial charge in [0.05, 0.1) is 40.8 Å². The highest BCUT2D eigenvalue weighted by Gasteiger charge is 2.25. The maximum Gasteiger partial charge on any atom is 0.361 e. The fourth-order valence-corrected chi connectivity index (χ4v) is 5.83. The molecule has 0 spiro atoms. The largest absolute Gasteiger partial charge is 0.477 e. The molecule has 9 heteroatoms. The number of hydrogen-bond donors (Lipinski definition) is 1. The molecule has 0 aliphatic carbocycles. The van der Waals surface area contributed by atoms with Gasteiger partial charge in [0, 0.05) is 6.42 Å². The van der Waals surface area contributed by atoms with Gasteiger partial charge in [-0.1, -0.05) is 179 Å². The van der Waals surface area contributed by atoms with Crippen LogP contribution in [-0.4, -0.2) is 87.4 Å². The molecule has 9 nitrogen and oxygen atoms in total. The van der Waals surface area contributed by atoms with E-state index in [1.165, 1.54) is 0 Å². The molecule has 0 aromatic rings. The highest BCUT2D eigenvalue weighted by molar-refractivity contribution is 5.72. The third-order valence-electron chi connectivity index (χ3n) is 9.62. The summed E-state index contributed by atoms with van der Waals surface area (Å²) >= 11 is 0. The average molecular weight is 929 g/mol. The van der Waals surface area contributed by atoms with Crippen molar-refractivity contribution >= 4 is 17.9 Å². The van der Waals surface area contributed by atoms with Gasteiger partial charge in [0.25, 0.3) is 6.29 Å². The van der Waals surface area contributed by atoms with Crippen molar-refractivity contribution in [3.05, 3.63) is 146 Å². The van der Waals surface area contributed by atoms with Crippen LogP contribution in [0.4, 0.5) is 0 Å². The third-order valence-corrected chi connectivity index (χ3v) is 9.62. The zero-order valence-corrected chi connectivity index (χ0v) is 42.2. The number of hydrogen-bond acceptors (Lipinski definition) is 7. The van der Waals surface area contributed by atoms with E-state index in [4.69, 9.17) is 18.9 Å². The molecule has 0 aliphatic rings. The van der Waals surface area contributed by atoms with Gasteiger partial charge in [0.15, 0.2) is 6.10 Å². The van der Waals surface area contributed by atoms with E-state index in [1.54, 1.807) is 6.08 Å². The van der Waals surface area contributed by atoms with Crippen molar-refractivity contribution in [2.75, 3.05) is 47.5 Å². The van der Waals surface area contributed by atoms with Crippen molar-refractivity contribution in [3.63, 3.8) is 0 Å². The number of carboxylic acids is 1. The molecule has 0 aromatic carbocycles. The average Bonchev–Trinajstić information content (AvgIpc) is 3.29. The van der Waals surface area contributed by atoms with Crippen LogP contribution < -0.4 is 0 Å². The molecule has 0 rings (SSSR count). The lowest BCUT2D eigenvalue weighted by molar-refractivity contribution is -0.870. The highest BCUT2D eigenvalue weighted by Crippen LogP contribution is 2.11. The van der Waals surface area contributed by atoms with E-state index in [0.717, 1.165) is 103 Å². The first-order valence-electron chi connectivity index (χ1n) is 25.0. The number of ether oxygens (including phenoxy) is 4. The summed E-state index contributed by atoms with van der Waals surface area (Å²) < 4.78 is 22.6. The molecule has 0 bridgehead atoms. The number of likely N-dealkylation sites (N-methyl/N-ethyl adjacent to an activating group) is 1. The minimum Gasteiger partial charge on any atom is -0.477 e. The summed E-state index contributed by atoms with van der Waals surface area (Å²) in [5.41, 5.74) is 0. The fourth-order valence-electron chi connectivity index (χ4n) is 5.83. The molecule has 0 amide bonds. The topological polar surface area (TPSA) is 108 Å². The van der Waals surface area contributed by atoms with Gasteiger partial charge in [-0.05, 0) is 96.3 Å². The van der Waals surface area contributed by atoms with Crippen LogP contribution in [0, 0.1) is 0 Å². The van der Waals surface area contributed by atoms with Crippen molar-refractivity contribution < 1.29 is 42.9 Å². The lowest BCUT2D eigenvalue weighted by atomic mass is 10.1. The van der Waals surface area contributed by atoms with Crippen LogP contribution in [0.15, 0.2) is 146 Å². The van der Waals surface area contributed by atoms with Crippen LogP contribution >= 0.6 is 0 Å². The molecule has 0 heterocycles. The Labute approximate surface area is 407 Å². The van der Waals surface area contributed by atoms with E-state index in [9.17, 15) is 19.5 Å². The predicted molar refractivity (Wildman–Crippen MR) is 280 cm³/mol. The number of esters is 2. The van der Waals surface area contributed by atoms with Crippen LogP contribution in [0.25, 0.3) is 0 Å². The third kappa shape index (κ3) is 48.9. The minimum absolute atomic E-state index is 0.0558. The Hall–Kier alpha value is -4.83. The van der Waals surface area contributed by atoms with Gasteiger partial charge in [-0.15, -0.1) is 0 Å². The molecular formula is C58H90NO8+. The molecule has 1 N–H and O–H groups in total. The number of aliphatic carboxylic acids is 1. The molecule has 0 fully saturated rings. The van der Waals surface area contributed by atoms with E-state index >= 15 is 0 Å². The van der Waals surface area contributed by atoms with Gasteiger partial charge >= 0.3 is 17.9 Å². The second-order valence-corrected chi connectivity index (χ2v) is 17.0. The molecule has 0 saturated carbocycles. The van der Waals surface area contributed by atoms with Crippen LogP contribution in [0.1, 0.15) is 142 Å². The SMILES string of the molecule is CC/C=C\C/C=C\C/C=C\C/C=C\C/C=C\C/C=C\C/C=C\CCCCCCCC(=O)OC(COC(=O)C/C=C\C/C=C\C/C=C\C/C=C\C/C=C\CC)COC(OCC[N+](C)(C)C)C(=O)O. The molecule has 374 valence electrons. The van der Waals surface area contributed by atoms with Crippen LogP contribution in [0.2, 0.25) is 0 Å². The fraction of sp³-hybridized carbons (Fsp3) is 0.534.